The van der Waals surface area contributed by atoms with E-state index in [0.29, 0.717) is 16.8 Å². The Hall–Kier alpha value is -2.76. The normalized spacial score (nSPS) is 14.8. The van der Waals surface area contributed by atoms with E-state index in [0.717, 1.165) is 49.7 Å². The maximum Gasteiger partial charge on any atom is 0.232 e. The zero-order chi connectivity index (χ0) is 24.8. The number of hydrogen-bond donors (Lipinski definition) is 4. The molecule has 0 spiro atoms. The van der Waals surface area contributed by atoms with Crippen LogP contribution >= 0.6 is 11.6 Å². The summed E-state index contributed by atoms with van der Waals surface area (Å²) in [5.74, 6) is 0.848. The van der Waals surface area contributed by atoms with E-state index >= 15 is 0 Å². The Balaban J connectivity index is 1.56. The minimum absolute atomic E-state index is 0.207. The van der Waals surface area contributed by atoms with E-state index in [2.05, 4.69) is 61.1 Å². The van der Waals surface area contributed by atoms with Gasteiger partial charge in [0.15, 0.2) is 5.82 Å². The summed E-state index contributed by atoms with van der Waals surface area (Å²) >= 11 is 4.27. The number of para-hydroxylation sites is 1. The number of fused-ring (bicyclic) bond motifs is 1. The minimum Gasteiger partial charge on any atom is -0.370 e. The predicted molar refractivity (Wildman–Crippen MR) is 143 cm³/mol. The Bertz CT molecular complexity index is 1200. The molecule has 0 fully saturated rings. The van der Waals surface area contributed by atoms with E-state index in [9.17, 15) is 4.21 Å². The minimum atomic E-state index is -2.11. The SMILES string of the molecule is CCN1CCN(CC)c2cc(Nc3ncc(Cl)c(Nc4ccccc4CNS(=O)O)n3)ccc2C1. The Morgan fingerprint density at radius 2 is 1.94 bits per heavy atom. The van der Waals surface area contributed by atoms with Gasteiger partial charge in [-0.25, -0.2) is 13.9 Å². The molecule has 4 rings (SSSR count). The van der Waals surface area contributed by atoms with Gasteiger partial charge in [-0.1, -0.05) is 42.8 Å². The van der Waals surface area contributed by atoms with E-state index in [1.807, 2.05) is 30.3 Å². The van der Waals surface area contributed by atoms with Crippen LogP contribution in [0.1, 0.15) is 25.0 Å². The molecule has 9 nitrogen and oxygen atoms in total. The summed E-state index contributed by atoms with van der Waals surface area (Å²) in [5, 5.41) is 6.89. The third-order valence-corrected chi connectivity index (χ3v) is 6.66. The molecule has 4 N–H and O–H groups in total. The fourth-order valence-electron chi connectivity index (χ4n) is 4.08. The zero-order valence-corrected chi connectivity index (χ0v) is 21.4. The van der Waals surface area contributed by atoms with Crippen LogP contribution in [-0.4, -0.2) is 49.8 Å². The maximum absolute atomic E-state index is 11.0. The number of aromatic nitrogens is 2. The second kappa shape index (κ2) is 11.8. The molecule has 1 unspecified atom stereocenters. The molecule has 0 amide bonds. The summed E-state index contributed by atoms with van der Waals surface area (Å²) in [6.07, 6.45) is 1.55. The van der Waals surface area contributed by atoms with Crippen molar-refractivity contribution < 1.29 is 8.76 Å². The first-order chi connectivity index (χ1) is 17.0. The Labute approximate surface area is 213 Å². The van der Waals surface area contributed by atoms with Crippen LogP contribution in [0.25, 0.3) is 0 Å². The summed E-state index contributed by atoms with van der Waals surface area (Å²) in [4.78, 5) is 13.8. The van der Waals surface area contributed by atoms with Crippen molar-refractivity contribution >= 4 is 51.7 Å². The van der Waals surface area contributed by atoms with Crippen LogP contribution < -0.4 is 20.3 Å². The van der Waals surface area contributed by atoms with Gasteiger partial charge in [0.2, 0.25) is 17.2 Å². The van der Waals surface area contributed by atoms with Crippen LogP contribution in [0.5, 0.6) is 0 Å². The molecule has 2 heterocycles. The molecule has 0 saturated carbocycles. The molecule has 1 aliphatic rings. The largest absolute Gasteiger partial charge is 0.370 e. The lowest BCUT2D eigenvalue weighted by molar-refractivity contribution is 0.293. The molecule has 35 heavy (non-hydrogen) atoms. The lowest BCUT2D eigenvalue weighted by atomic mass is 10.1. The van der Waals surface area contributed by atoms with Gasteiger partial charge < -0.3 is 15.5 Å². The van der Waals surface area contributed by atoms with Crippen molar-refractivity contribution in [2.75, 3.05) is 41.7 Å². The van der Waals surface area contributed by atoms with Crippen LogP contribution in [0.3, 0.4) is 0 Å². The molecule has 186 valence electrons. The van der Waals surface area contributed by atoms with Gasteiger partial charge in [0.05, 0.1) is 6.20 Å². The van der Waals surface area contributed by atoms with Gasteiger partial charge in [-0.15, -0.1) is 0 Å². The summed E-state index contributed by atoms with van der Waals surface area (Å²) in [5.41, 5.74) is 4.95. The lowest BCUT2D eigenvalue weighted by Gasteiger charge is -2.23. The number of halogens is 1. The standard InChI is InChI=1S/C24H30ClN7O2S/c1-3-31-11-12-32(4-2)22-13-19(10-9-18(22)16-31)28-24-26-15-20(25)23(30-24)29-21-8-6-5-7-17(21)14-27-35(33)34/h5-10,13,15,27H,3-4,11-12,14,16H2,1-2H3,(H,33,34)(H2,26,28,29,30). The van der Waals surface area contributed by atoms with Crippen molar-refractivity contribution in [1.29, 1.82) is 0 Å². The summed E-state index contributed by atoms with van der Waals surface area (Å²) in [6, 6.07) is 13.8. The van der Waals surface area contributed by atoms with E-state index in [1.165, 1.54) is 11.3 Å². The molecule has 1 aromatic heterocycles. The average molecular weight is 516 g/mol. The van der Waals surface area contributed by atoms with Gasteiger partial charge in [0.1, 0.15) is 5.02 Å². The number of benzene rings is 2. The van der Waals surface area contributed by atoms with Crippen molar-refractivity contribution in [1.82, 2.24) is 19.6 Å². The van der Waals surface area contributed by atoms with Gasteiger partial charge in [-0.2, -0.15) is 4.98 Å². The summed E-state index contributed by atoms with van der Waals surface area (Å²) < 4.78 is 22.6. The van der Waals surface area contributed by atoms with Crippen LogP contribution in [0.2, 0.25) is 5.02 Å². The molecule has 0 bridgehead atoms. The summed E-state index contributed by atoms with van der Waals surface area (Å²) in [7, 11) is 0. The summed E-state index contributed by atoms with van der Waals surface area (Å²) in [6.45, 7) is 9.53. The van der Waals surface area contributed by atoms with Crippen LogP contribution in [0.4, 0.5) is 28.8 Å². The fraction of sp³-hybridized carbons (Fsp3) is 0.333. The first-order valence-electron chi connectivity index (χ1n) is 11.6. The predicted octanol–water partition coefficient (Wildman–Crippen LogP) is 4.51. The van der Waals surface area contributed by atoms with Crippen molar-refractivity contribution in [2.24, 2.45) is 0 Å². The maximum atomic E-state index is 11.0. The van der Waals surface area contributed by atoms with Crippen molar-refractivity contribution in [3.63, 3.8) is 0 Å². The number of rotatable bonds is 9. The number of nitrogens with one attached hydrogen (secondary N) is 3. The zero-order valence-electron chi connectivity index (χ0n) is 19.8. The Morgan fingerprint density at radius 1 is 1.11 bits per heavy atom. The molecule has 0 aliphatic carbocycles. The van der Waals surface area contributed by atoms with Crippen LogP contribution in [-0.2, 0) is 24.4 Å². The van der Waals surface area contributed by atoms with E-state index in [1.54, 1.807) is 6.20 Å². The Morgan fingerprint density at radius 3 is 2.71 bits per heavy atom. The van der Waals surface area contributed by atoms with Crippen molar-refractivity contribution in [2.45, 2.75) is 26.9 Å². The second-order valence-electron chi connectivity index (χ2n) is 8.16. The molecule has 2 aromatic carbocycles. The number of hydrogen-bond acceptors (Lipinski definition) is 7. The van der Waals surface area contributed by atoms with Gasteiger partial charge in [-0.05, 0) is 42.8 Å². The molecule has 0 radical (unpaired) electrons. The third kappa shape index (κ3) is 6.47. The fourth-order valence-corrected chi connectivity index (χ4v) is 4.50. The number of anilines is 5. The van der Waals surface area contributed by atoms with Crippen LogP contribution in [0, 0.1) is 0 Å². The highest BCUT2D eigenvalue weighted by Crippen LogP contribution is 2.31. The average Bonchev–Trinajstić information content (AvgIpc) is 3.04. The van der Waals surface area contributed by atoms with Gasteiger partial charge >= 0.3 is 0 Å². The van der Waals surface area contributed by atoms with E-state index in [-0.39, 0.29) is 6.54 Å². The topological polar surface area (TPSA) is 106 Å². The van der Waals surface area contributed by atoms with Crippen LogP contribution in [0.15, 0.2) is 48.7 Å². The highest BCUT2D eigenvalue weighted by molar-refractivity contribution is 7.77. The Kier molecular flexibility index (Phi) is 8.53. The van der Waals surface area contributed by atoms with Gasteiger partial charge in [-0.3, -0.25) is 9.45 Å². The van der Waals surface area contributed by atoms with Crippen molar-refractivity contribution in [3.05, 3.63) is 64.8 Å². The first kappa shape index (κ1) is 25.3. The number of likely N-dealkylation sites (N-methyl/N-ethyl adjacent to an activating group) is 2. The molecular weight excluding hydrogens is 486 g/mol. The molecule has 1 aliphatic heterocycles. The first-order valence-corrected chi connectivity index (χ1v) is 13.0. The molecule has 1 atom stereocenters. The molecule has 0 saturated heterocycles. The quantitative estimate of drug-likeness (QED) is 0.309. The molecule has 11 heteroatoms. The molecular formula is C24H30ClN7O2S. The second-order valence-corrected chi connectivity index (χ2v) is 9.35. The van der Waals surface area contributed by atoms with Gasteiger partial charge in [0.25, 0.3) is 0 Å². The highest BCUT2D eigenvalue weighted by atomic mass is 35.5. The third-order valence-electron chi connectivity index (χ3n) is 5.99. The van der Waals surface area contributed by atoms with Crippen molar-refractivity contribution in [3.8, 4) is 0 Å². The van der Waals surface area contributed by atoms with E-state index in [4.69, 9.17) is 16.2 Å². The molecule has 3 aromatic rings. The number of nitrogens with zero attached hydrogens (tertiary/aromatic N) is 4. The monoisotopic (exact) mass is 515 g/mol. The highest BCUT2D eigenvalue weighted by Gasteiger charge is 2.19. The smallest absolute Gasteiger partial charge is 0.232 e. The van der Waals surface area contributed by atoms with Gasteiger partial charge in [0, 0.05) is 49.8 Å². The van der Waals surface area contributed by atoms with E-state index < -0.39 is 11.3 Å². The lowest BCUT2D eigenvalue weighted by Crippen LogP contribution is -2.31.